The fourth-order valence-electron chi connectivity index (χ4n) is 2.69. The minimum atomic E-state index is -0.924. The van der Waals surface area contributed by atoms with Crippen molar-refractivity contribution in [2.24, 2.45) is 0 Å². The molecule has 3 nitrogen and oxygen atoms in total. The average molecular weight is 303 g/mol. The van der Waals surface area contributed by atoms with E-state index in [1.54, 1.807) is 12.1 Å². The van der Waals surface area contributed by atoms with Gasteiger partial charge < -0.3 is 9.84 Å². The first-order valence-corrected chi connectivity index (χ1v) is 7.22. The number of hydrogen-bond acceptors (Lipinski definition) is 2. The van der Waals surface area contributed by atoms with Gasteiger partial charge in [-0.15, -0.1) is 0 Å². The van der Waals surface area contributed by atoms with Gasteiger partial charge in [-0.05, 0) is 49.1 Å². The third-order valence-electron chi connectivity index (χ3n) is 3.82. The van der Waals surface area contributed by atoms with Gasteiger partial charge in [-0.25, -0.2) is 4.79 Å². The number of fused-ring (bicyclic) bond motifs is 1. The molecule has 2 aromatic carbocycles. The fraction of sp³-hybridized carbons (Fsp3) is 0.235. The van der Waals surface area contributed by atoms with E-state index in [1.807, 2.05) is 31.2 Å². The van der Waals surface area contributed by atoms with Crippen molar-refractivity contribution in [1.29, 1.82) is 0 Å². The zero-order valence-corrected chi connectivity index (χ0v) is 12.4. The Kier molecular flexibility index (Phi) is 3.60. The van der Waals surface area contributed by atoms with Crippen LogP contribution >= 0.6 is 11.6 Å². The van der Waals surface area contributed by atoms with Crippen molar-refractivity contribution in [3.63, 3.8) is 0 Å². The van der Waals surface area contributed by atoms with E-state index < -0.39 is 5.97 Å². The molecule has 1 atom stereocenters. The summed E-state index contributed by atoms with van der Waals surface area (Å²) in [4.78, 5) is 11.3. The summed E-state index contributed by atoms with van der Waals surface area (Å²) in [6.45, 7) is 1.93. The minimum Gasteiger partial charge on any atom is -0.485 e. The summed E-state index contributed by atoms with van der Waals surface area (Å²) < 4.78 is 6.02. The first kappa shape index (κ1) is 14.0. The maximum atomic E-state index is 11.3. The Hall–Kier alpha value is -2.00. The smallest absolute Gasteiger partial charge is 0.336 e. The molecule has 0 saturated heterocycles. The van der Waals surface area contributed by atoms with E-state index >= 15 is 0 Å². The molecule has 108 valence electrons. The summed E-state index contributed by atoms with van der Waals surface area (Å²) in [7, 11) is 0. The highest BCUT2D eigenvalue weighted by Gasteiger charge is 2.25. The second-order valence-electron chi connectivity index (χ2n) is 5.25. The standard InChI is InChI=1S/C17H15ClO3/c1-10-8-16-11(9-14(10)18)6-7-15(21-16)12-4-2-3-5-13(12)17(19)20/h2-5,8-9,15H,6-7H2,1H3,(H,19,20). The molecule has 2 aromatic rings. The van der Waals surface area contributed by atoms with Gasteiger partial charge in [0.1, 0.15) is 11.9 Å². The lowest BCUT2D eigenvalue weighted by Crippen LogP contribution is -2.18. The number of aryl methyl sites for hydroxylation is 2. The van der Waals surface area contributed by atoms with Gasteiger partial charge >= 0.3 is 5.97 Å². The topological polar surface area (TPSA) is 46.5 Å². The highest BCUT2D eigenvalue weighted by Crippen LogP contribution is 2.38. The summed E-state index contributed by atoms with van der Waals surface area (Å²) in [6, 6.07) is 10.9. The molecular formula is C17H15ClO3. The van der Waals surface area contributed by atoms with E-state index in [1.165, 1.54) is 0 Å². The molecule has 0 aliphatic carbocycles. The van der Waals surface area contributed by atoms with Crippen molar-refractivity contribution in [2.45, 2.75) is 25.9 Å². The van der Waals surface area contributed by atoms with Gasteiger partial charge in [0.15, 0.2) is 0 Å². The summed E-state index contributed by atoms with van der Waals surface area (Å²) in [5.74, 6) is -0.124. The lowest BCUT2D eigenvalue weighted by Gasteiger charge is -2.28. The number of carboxylic acid groups (broad SMARTS) is 1. The monoisotopic (exact) mass is 302 g/mol. The summed E-state index contributed by atoms with van der Waals surface area (Å²) in [5.41, 5.74) is 3.07. The average Bonchev–Trinajstić information content (AvgIpc) is 2.48. The largest absolute Gasteiger partial charge is 0.485 e. The van der Waals surface area contributed by atoms with E-state index in [0.717, 1.165) is 40.3 Å². The number of rotatable bonds is 2. The molecule has 0 fully saturated rings. The third-order valence-corrected chi connectivity index (χ3v) is 4.23. The molecule has 0 aromatic heterocycles. The van der Waals surface area contributed by atoms with Crippen molar-refractivity contribution in [3.05, 3.63) is 63.7 Å². The summed E-state index contributed by atoms with van der Waals surface area (Å²) in [5, 5.41) is 10.0. The van der Waals surface area contributed by atoms with E-state index in [-0.39, 0.29) is 6.10 Å². The van der Waals surface area contributed by atoms with Crippen LogP contribution in [-0.4, -0.2) is 11.1 Å². The Balaban J connectivity index is 1.97. The molecule has 1 aliphatic heterocycles. The third kappa shape index (κ3) is 2.61. The Morgan fingerprint density at radius 2 is 2.10 bits per heavy atom. The molecule has 1 N–H and O–H groups in total. The first-order chi connectivity index (χ1) is 10.1. The molecule has 4 heteroatoms. The van der Waals surface area contributed by atoms with Crippen molar-refractivity contribution >= 4 is 17.6 Å². The molecule has 3 rings (SSSR count). The number of hydrogen-bond donors (Lipinski definition) is 1. The quantitative estimate of drug-likeness (QED) is 0.893. The van der Waals surface area contributed by atoms with Gasteiger partial charge in [-0.1, -0.05) is 29.8 Å². The van der Waals surface area contributed by atoms with Crippen LogP contribution in [0.1, 0.15) is 39.6 Å². The van der Waals surface area contributed by atoms with Crippen molar-refractivity contribution in [3.8, 4) is 5.75 Å². The van der Waals surface area contributed by atoms with Crippen LogP contribution in [-0.2, 0) is 6.42 Å². The maximum Gasteiger partial charge on any atom is 0.336 e. The van der Waals surface area contributed by atoms with Crippen LogP contribution in [0, 0.1) is 6.92 Å². The minimum absolute atomic E-state index is 0.231. The number of carboxylic acids is 1. The predicted molar refractivity (Wildman–Crippen MR) is 81.3 cm³/mol. The number of benzene rings is 2. The lowest BCUT2D eigenvalue weighted by atomic mass is 9.94. The molecule has 0 saturated carbocycles. The molecule has 0 bridgehead atoms. The van der Waals surface area contributed by atoms with E-state index in [4.69, 9.17) is 16.3 Å². The zero-order chi connectivity index (χ0) is 15.0. The van der Waals surface area contributed by atoms with Crippen LogP contribution < -0.4 is 4.74 Å². The van der Waals surface area contributed by atoms with Crippen molar-refractivity contribution in [1.82, 2.24) is 0 Å². The number of ether oxygens (including phenoxy) is 1. The van der Waals surface area contributed by atoms with Crippen molar-refractivity contribution < 1.29 is 14.6 Å². The summed E-state index contributed by atoms with van der Waals surface area (Å²) >= 11 is 6.13. The highest BCUT2D eigenvalue weighted by molar-refractivity contribution is 6.31. The Bertz CT molecular complexity index is 709. The van der Waals surface area contributed by atoms with Gasteiger partial charge in [0.2, 0.25) is 0 Å². The van der Waals surface area contributed by atoms with E-state index in [0.29, 0.717) is 5.56 Å². The van der Waals surface area contributed by atoms with E-state index in [2.05, 4.69) is 0 Å². The Labute approximate surface area is 128 Å². The van der Waals surface area contributed by atoms with Crippen LogP contribution in [0.25, 0.3) is 0 Å². The molecule has 0 spiro atoms. The van der Waals surface area contributed by atoms with Crippen LogP contribution in [0.5, 0.6) is 5.75 Å². The Morgan fingerprint density at radius 1 is 1.33 bits per heavy atom. The normalized spacial score (nSPS) is 17.0. The van der Waals surface area contributed by atoms with Gasteiger partial charge in [0.25, 0.3) is 0 Å². The maximum absolute atomic E-state index is 11.3. The molecule has 1 unspecified atom stereocenters. The molecule has 0 radical (unpaired) electrons. The van der Waals surface area contributed by atoms with Crippen LogP contribution in [0.3, 0.4) is 0 Å². The number of halogens is 1. The van der Waals surface area contributed by atoms with Gasteiger partial charge in [0, 0.05) is 10.6 Å². The molecule has 1 aliphatic rings. The van der Waals surface area contributed by atoms with Crippen LogP contribution in [0.15, 0.2) is 36.4 Å². The second kappa shape index (κ2) is 5.41. The molecule has 21 heavy (non-hydrogen) atoms. The molecular weight excluding hydrogens is 288 g/mol. The van der Waals surface area contributed by atoms with Crippen LogP contribution in [0.2, 0.25) is 5.02 Å². The van der Waals surface area contributed by atoms with E-state index in [9.17, 15) is 9.90 Å². The predicted octanol–water partition coefficient (Wildman–Crippen LogP) is 4.41. The van der Waals surface area contributed by atoms with Gasteiger partial charge in [0.05, 0.1) is 5.56 Å². The van der Waals surface area contributed by atoms with Crippen LogP contribution in [0.4, 0.5) is 0 Å². The first-order valence-electron chi connectivity index (χ1n) is 6.84. The number of aromatic carboxylic acids is 1. The zero-order valence-electron chi connectivity index (χ0n) is 11.6. The lowest BCUT2D eigenvalue weighted by molar-refractivity contribution is 0.0689. The number of carbonyl (C=O) groups is 1. The van der Waals surface area contributed by atoms with Gasteiger partial charge in [-0.2, -0.15) is 0 Å². The Morgan fingerprint density at radius 3 is 2.86 bits per heavy atom. The molecule has 1 heterocycles. The summed E-state index contributed by atoms with van der Waals surface area (Å²) in [6.07, 6.45) is 1.34. The fourth-order valence-corrected chi connectivity index (χ4v) is 2.88. The second-order valence-corrected chi connectivity index (χ2v) is 5.65. The SMILES string of the molecule is Cc1cc2c(cc1Cl)CCC(c1ccccc1C(=O)O)O2. The molecule has 0 amide bonds. The van der Waals surface area contributed by atoms with Crippen molar-refractivity contribution in [2.75, 3.05) is 0 Å². The highest BCUT2D eigenvalue weighted by atomic mass is 35.5. The van der Waals surface area contributed by atoms with Gasteiger partial charge in [-0.3, -0.25) is 0 Å².